The molecule has 0 unspecified atom stereocenters. The first-order valence-electron chi connectivity index (χ1n) is 5.33. The zero-order valence-electron chi connectivity index (χ0n) is 10.5. The van der Waals surface area contributed by atoms with Gasteiger partial charge in [0.2, 0.25) is 0 Å². The minimum atomic E-state index is -0.521. The number of hydrogen-bond acceptors (Lipinski definition) is 5. The van der Waals surface area contributed by atoms with Crippen LogP contribution in [0.5, 0.6) is 0 Å². The number of esters is 1. The zero-order valence-corrected chi connectivity index (χ0v) is 12.0. The number of aromatic nitrogens is 1. The van der Waals surface area contributed by atoms with Crippen LogP contribution in [0.1, 0.15) is 26.5 Å². The SMILES string of the molecule is CC(C)(C)OC(=O)CNc1cc(Br)cnc1C#N. The summed E-state index contributed by atoms with van der Waals surface area (Å²) in [6.07, 6.45) is 1.53. The molecule has 0 radical (unpaired) electrons. The Kier molecular flexibility index (Phi) is 4.68. The number of ether oxygens (including phenoxy) is 1. The minimum Gasteiger partial charge on any atom is -0.459 e. The first-order valence-corrected chi connectivity index (χ1v) is 6.12. The Hall–Kier alpha value is -1.61. The van der Waals surface area contributed by atoms with Crippen LogP contribution in [-0.4, -0.2) is 23.1 Å². The fourth-order valence-electron chi connectivity index (χ4n) is 1.21. The number of halogens is 1. The molecule has 1 N–H and O–H groups in total. The zero-order chi connectivity index (χ0) is 13.8. The molecule has 0 aliphatic heterocycles. The van der Waals surface area contributed by atoms with Gasteiger partial charge >= 0.3 is 5.97 Å². The lowest BCUT2D eigenvalue weighted by Crippen LogP contribution is -2.28. The van der Waals surface area contributed by atoms with E-state index in [1.54, 1.807) is 26.8 Å². The Morgan fingerprint density at radius 1 is 1.61 bits per heavy atom. The number of nitrogens with zero attached hydrogens (tertiary/aromatic N) is 2. The summed E-state index contributed by atoms with van der Waals surface area (Å²) in [5.74, 6) is -0.383. The molecule has 0 bridgehead atoms. The third kappa shape index (κ3) is 4.72. The lowest BCUT2D eigenvalue weighted by molar-refractivity contribution is -0.152. The lowest BCUT2D eigenvalue weighted by atomic mass is 10.2. The maximum atomic E-state index is 11.5. The van der Waals surface area contributed by atoms with Crippen molar-refractivity contribution in [2.45, 2.75) is 26.4 Å². The second kappa shape index (κ2) is 5.83. The standard InChI is InChI=1S/C12H14BrN3O2/c1-12(2,3)18-11(17)7-16-9-4-8(13)6-15-10(9)5-14/h4,6,16H,7H2,1-3H3. The molecular formula is C12H14BrN3O2. The smallest absolute Gasteiger partial charge is 0.325 e. The fourth-order valence-corrected chi connectivity index (χ4v) is 1.54. The van der Waals surface area contributed by atoms with E-state index in [1.165, 1.54) is 6.20 Å². The van der Waals surface area contributed by atoms with Crippen LogP contribution in [0, 0.1) is 11.3 Å². The van der Waals surface area contributed by atoms with Crippen molar-refractivity contribution in [1.29, 1.82) is 5.26 Å². The molecule has 1 rings (SSSR count). The predicted molar refractivity (Wildman–Crippen MR) is 71.0 cm³/mol. The topological polar surface area (TPSA) is 75.0 Å². The van der Waals surface area contributed by atoms with Gasteiger partial charge in [0.1, 0.15) is 18.2 Å². The normalized spacial score (nSPS) is 10.6. The Labute approximate surface area is 114 Å². The molecule has 1 aromatic rings. The fraction of sp³-hybridized carbons (Fsp3) is 0.417. The van der Waals surface area contributed by atoms with Crippen LogP contribution in [0.15, 0.2) is 16.7 Å². The number of pyridine rings is 1. The van der Waals surface area contributed by atoms with E-state index in [2.05, 4.69) is 26.2 Å². The highest BCUT2D eigenvalue weighted by Gasteiger charge is 2.16. The molecule has 0 atom stereocenters. The van der Waals surface area contributed by atoms with E-state index in [4.69, 9.17) is 10.00 Å². The van der Waals surface area contributed by atoms with Crippen molar-refractivity contribution < 1.29 is 9.53 Å². The molecule has 0 aliphatic rings. The van der Waals surface area contributed by atoms with Crippen molar-refractivity contribution in [2.75, 3.05) is 11.9 Å². The average molecular weight is 312 g/mol. The number of nitrogens with one attached hydrogen (secondary N) is 1. The van der Waals surface area contributed by atoms with Gasteiger partial charge in [0.05, 0.1) is 5.69 Å². The molecule has 0 amide bonds. The summed E-state index contributed by atoms with van der Waals surface area (Å²) in [6.45, 7) is 5.38. The summed E-state index contributed by atoms with van der Waals surface area (Å²) in [7, 11) is 0. The largest absolute Gasteiger partial charge is 0.459 e. The van der Waals surface area contributed by atoms with Crippen LogP contribution in [0.3, 0.4) is 0 Å². The number of rotatable bonds is 3. The molecule has 0 fully saturated rings. The van der Waals surface area contributed by atoms with Crippen molar-refractivity contribution in [3.63, 3.8) is 0 Å². The quantitative estimate of drug-likeness (QED) is 0.868. The molecule has 5 nitrogen and oxygen atoms in total. The monoisotopic (exact) mass is 311 g/mol. The summed E-state index contributed by atoms with van der Waals surface area (Å²) < 4.78 is 5.88. The molecule has 18 heavy (non-hydrogen) atoms. The van der Waals surface area contributed by atoms with Crippen molar-refractivity contribution >= 4 is 27.6 Å². The highest BCUT2D eigenvalue weighted by Crippen LogP contribution is 2.18. The van der Waals surface area contributed by atoms with Crippen LogP contribution in [0.2, 0.25) is 0 Å². The molecule has 96 valence electrons. The Balaban J connectivity index is 2.67. The predicted octanol–water partition coefficient (Wildman–Crippen LogP) is 2.47. The van der Waals surface area contributed by atoms with Crippen LogP contribution < -0.4 is 5.32 Å². The molecular weight excluding hydrogens is 298 g/mol. The molecule has 0 spiro atoms. The van der Waals surface area contributed by atoms with Gasteiger partial charge in [-0.1, -0.05) is 0 Å². The van der Waals surface area contributed by atoms with Gasteiger partial charge in [-0.15, -0.1) is 0 Å². The summed E-state index contributed by atoms with van der Waals surface area (Å²) in [5, 5.41) is 11.7. The lowest BCUT2D eigenvalue weighted by Gasteiger charge is -2.19. The van der Waals surface area contributed by atoms with Gasteiger partial charge in [-0.3, -0.25) is 4.79 Å². The van der Waals surface area contributed by atoms with E-state index < -0.39 is 5.60 Å². The van der Waals surface area contributed by atoms with E-state index in [1.807, 2.05) is 6.07 Å². The Morgan fingerprint density at radius 2 is 2.28 bits per heavy atom. The minimum absolute atomic E-state index is 0.00984. The summed E-state index contributed by atoms with van der Waals surface area (Å²) in [6, 6.07) is 3.64. The molecule has 0 aliphatic carbocycles. The maximum Gasteiger partial charge on any atom is 0.325 e. The van der Waals surface area contributed by atoms with Crippen molar-refractivity contribution in [2.24, 2.45) is 0 Å². The Morgan fingerprint density at radius 3 is 2.83 bits per heavy atom. The number of carbonyl (C=O) groups excluding carboxylic acids is 1. The number of nitriles is 1. The number of anilines is 1. The number of hydrogen-bond donors (Lipinski definition) is 1. The molecule has 1 heterocycles. The van der Waals surface area contributed by atoms with Crippen molar-refractivity contribution in [1.82, 2.24) is 4.98 Å². The highest BCUT2D eigenvalue weighted by molar-refractivity contribution is 9.10. The van der Waals surface area contributed by atoms with Crippen LogP contribution in [0.4, 0.5) is 5.69 Å². The van der Waals surface area contributed by atoms with E-state index in [0.717, 1.165) is 4.47 Å². The van der Waals surface area contributed by atoms with Gasteiger partial charge in [-0.25, -0.2) is 4.98 Å². The first kappa shape index (κ1) is 14.5. The maximum absolute atomic E-state index is 11.5. The molecule has 0 saturated carbocycles. The third-order valence-corrected chi connectivity index (χ3v) is 2.24. The van der Waals surface area contributed by atoms with E-state index >= 15 is 0 Å². The first-order chi connectivity index (χ1) is 8.31. The van der Waals surface area contributed by atoms with Crippen molar-refractivity contribution in [3.05, 3.63) is 22.4 Å². The van der Waals surface area contributed by atoms with Gasteiger partial charge in [0.15, 0.2) is 5.69 Å². The van der Waals surface area contributed by atoms with Gasteiger partial charge < -0.3 is 10.1 Å². The highest BCUT2D eigenvalue weighted by atomic mass is 79.9. The van der Waals surface area contributed by atoms with Crippen LogP contribution >= 0.6 is 15.9 Å². The van der Waals surface area contributed by atoms with Gasteiger partial charge in [0.25, 0.3) is 0 Å². The summed E-state index contributed by atoms with van der Waals surface area (Å²) >= 11 is 3.25. The molecule has 0 aromatic carbocycles. The van der Waals surface area contributed by atoms with Crippen LogP contribution in [0.25, 0.3) is 0 Å². The third-order valence-electron chi connectivity index (χ3n) is 1.80. The summed E-state index contributed by atoms with van der Waals surface area (Å²) in [4.78, 5) is 15.4. The van der Waals surface area contributed by atoms with E-state index in [9.17, 15) is 4.79 Å². The van der Waals surface area contributed by atoms with Gasteiger partial charge in [-0.2, -0.15) is 5.26 Å². The van der Waals surface area contributed by atoms with Gasteiger partial charge in [0, 0.05) is 10.7 Å². The molecule has 0 saturated heterocycles. The van der Waals surface area contributed by atoms with Crippen LogP contribution in [-0.2, 0) is 9.53 Å². The average Bonchev–Trinajstić information content (AvgIpc) is 2.24. The number of carbonyl (C=O) groups is 1. The van der Waals surface area contributed by atoms with Gasteiger partial charge in [-0.05, 0) is 42.8 Å². The second-order valence-corrected chi connectivity index (χ2v) is 5.52. The van der Waals surface area contributed by atoms with E-state index in [-0.39, 0.29) is 18.2 Å². The summed E-state index contributed by atoms with van der Waals surface area (Å²) in [5.41, 5.74) is 0.214. The Bertz CT molecular complexity index is 489. The van der Waals surface area contributed by atoms with Crippen molar-refractivity contribution in [3.8, 4) is 6.07 Å². The molecule has 1 aromatic heterocycles. The second-order valence-electron chi connectivity index (χ2n) is 4.60. The van der Waals surface area contributed by atoms with E-state index in [0.29, 0.717) is 5.69 Å². The molecule has 6 heteroatoms.